The molecule has 0 saturated heterocycles. The summed E-state index contributed by atoms with van der Waals surface area (Å²) in [6.45, 7) is 0.811. The van der Waals surface area contributed by atoms with Crippen LogP contribution in [0, 0.1) is 5.92 Å². The lowest BCUT2D eigenvalue weighted by molar-refractivity contribution is 0.243. The minimum Gasteiger partial charge on any atom is -0.338 e. The summed E-state index contributed by atoms with van der Waals surface area (Å²) in [4.78, 5) is 11.8. The summed E-state index contributed by atoms with van der Waals surface area (Å²) in [6, 6.07) is 8.35. The van der Waals surface area contributed by atoms with Crippen LogP contribution in [0.1, 0.15) is 62.8 Å². The van der Waals surface area contributed by atoms with Gasteiger partial charge in [-0.1, -0.05) is 37.8 Å². The van der Waals surface area contributed by atoms with Crippen molar-refractivity contribution in [3.63, 3.8) is 0 Å². The molecule has 3 heteroatoms. The molecule has 2 amide bonds. The molecule has 3 rings (SSSR count). The number of amides is 2. The van der Waals surface area contributed by atoms with Crippen LogP contribution < -0.4 is 10.6 Å². The molecule has 1 aromatic carbocycles. The van der Waals surface area contributed by atoms with Crippen LogP contribution in [0.2, 0.25) is 0 Å². The van der Waals surface area contributed by atoms with Gasteiger partial charge >= 0.3 is 6.03 Å². The van der Waals surface area contributed by atoms with Crippen molar-refractivity contribution in [2.24, 2.45) is 5.92 Å². The van der Waals surface area contributed by atoms with Crippen LogP contribution in [-0.2, 0) is 0 Å². The maximum Gasteiger partial charge on any atom is 0.319 e. The summed E-state index contributed by atoms with van der Waals surface area (Å²) in [7, 11) is 0. The Kier molecular flexibility index (Phi) is 4.79. The molecule has 2 aliphatic carbocycles. The van der Waals surface area contributed by atoms with Gasteiger partial charge in [-0.05, 0) is 55.2 Å². The zero-order valence-electron chi connectivity index (χ0n) is 12.7. The van der Waals surface area contributed by atoms with E-state index in [9.17, 15) is 4.79 Å². The molecule has 2 saturated carbocycles. The van der Waals surface area contributed by atoms with E-state index >= 15 is 0 Å². The average molecular weight is 286 g/mol. The van der Waals surface area contributed by atoms with Crippen LogP contribution in [0.25, 0.3) is 0 Å². The van der Waals surface area contributed by atoms with Gasteiger partial charge < -0.3 is 10.6 Å². The summed E-state index contributed by atoms with van der Waals surface area (Å²) in [5, 5.41) is 5.89. The monoisotopic (exact) mass is 286 g/mol. The summed E-state index contributed by atoms with van der Waals surface area (Å²) >= 11 is 0. The maximum absolute atomic E-state index is 11.8. The van der Waals surface area contributed by atoms with E-state index in [2.05, 4.69) is 22.8 Å². The molecule has 2 aliphatic rings. The molecule has 114 valence electrons. The molecule has 2 N–H and O–H groups in total. The van der Waals surface area contributed by atoms with Gasteiger partial charge in [0.1, 0.15) is 0 Å². The predicted octanol–water partition coefficient (Wildman–Crippen LogP) is 4.66. The fraction of sp³-hybridized carbons (Fsp3) is 0.611. The van der Waals surface area contributed by atoms with Gasteiger partial charge in [-0.3, -0.25) is 0 Å². The molecule has 0 aromatic heterocycles. The number of carbonyl (C=O) groups excluding carboxylic acids is 1. The minimum atomic E-state index is -0.0766. The van der Waals surface area contributed by atoms with Crippen molar-refractivity contribution in [3.05, 3.63) is 29.8 Å². The van der Waals surface area contributed by atoms with Crippen LogP contribution in [-0.4, -0.2) is 12.6 Å². The molecule has 0 bridgehead atoms. The van der Waals surface area contributed by atoms with Crippen LogP contribution >= 0.6 is 0 Å². The number of anilines is 1. The van der Waals surface area contributed by atoms with Gasteiger partial charge in [-0.2, -0.15) is 0 Å². The van der Waals surface area contributed by atoms with Gasteiger partial charge in [0.25, 0.3) is 0 Å². The number of benzene rings is 1. The highest BCUT2D eigenvalue weighted by Crippen LogP contribution is 2.33. The molecule has 0 radical (unpaired) electrons. The number of hydrogen-bond donors (Lipinski definition) is 2. The van der Waals surface area contributed by atoms with Crippen LogP contribution in [0.5, 0.6) is 0 Å². The SMILES string of the molecule is O=C(NCC1CCC1)Nc1ccc(C2CCCCC2)cc1. The fourth-order valence-electron chi connectivity index (χ4n) is 3.38. The standard InChI is InChI=1S/C18H26N2O/c21-18(19-13-14-5-4-6-14)20-17-11-9-16(10-12-17)15-7-2-1-3-8-15/h9-12,14-15H,1-8,13H2,(H2,19,20,21). The van der Waals surface area contributed by atoms with Gasteiger partial charge in [-0.15, -0.1) is 0 Å². The van der Waals surface area contributed by atoms with E-state index in [1.54, 1.807) is 0 Å². The zero-order chi connectivity index (χ0) is 14.5. The Labute approximate surface area is 127 Å². The molecule has 1 aromatic rings. The van der Waals surface area contributed by atoms with Crippen molar-refractivity contribution in [3.8, 4) is 0 Å². The van der Waals surface area contributed by atoms with E-state index in [1.165, 1.54) is 56.9 Å². The van der Waals surface area contributed by atoms with E-state index in [-0.39, 0.29) is 6.03 Å². The van der Waals surface area contributed by atoms with Crippen LogP contribution in [0.15, 0.2) is 24.3 Å². The highest BCUT2D eigenvalue weighted by molar-refractivity contribution is 5.89. The fourth-order valence-corrected chi connectivity index (χ4v) is 3.38. The number of carbonyl (C=O) groups is 1. The molecule has 0 atom stereocenters. The molecular weight excluding hydrogens is 260 g/mol. The van der Waals surface area contributed by atoms with Gasteiger partial charge in [-0.25, -0.2) is 4.79 Å². The molecular formula is C18H26N2O. The lowest BCUT2D eigenvalue weighted by Gasteiger charge is -2.25. The van der Waals surface area contributed by atoms with Gasteiger partial charge in [0.2, 0.25) is 0 Å². The second-order valence-corrected chi connectivity index (χ2v) is 6.59. The first kappa shape index (κ1) is 14.4. The third-order valence-electron chi connectivity index (χ3n) is 5.02. The van der Waals surface area contributed by atoms with Crippen molar-refractivity contribution in [2.45, 2.75) is 57.3 Å². The van der Waals surface area contributed by atoms with E-state index in [4.69, 9.17) is 0 Å². The number of urea groups is 1. The minimum absolute atomic E-state index is 0.0766. The number of hydrogen-bond acceptors (Lipinski definition) is 1. The van der Waals surface area contributed by atoms with Crippen molar-refractivity contribution >= 4 is 11.7 Å². The molecule has 0 spiro atoms. The highest BCUT2D eigenvalue weighted by atomic mass is 16.2. The second kappa shape index (κ2) is 6.97. The third kappa shape index (κ3) is 3.99. The number of rotatable bonds is 4. The van der Waals surface area contributed by atoms with E-state index < -0.39 is 0 Å². The third-order valence-corrected chi connectivity index (χ3v) is 5.02. The predicted molar refractivity (Wildman–Crippen MR) is 86.6 cm³/mol. The Balaban J connectivity index is 1.47. The van der Waals surface area contributed by atoms with Crippen LogP contribution in [0.3, 0.4) is 0 Å². The average Bonchev–Trinajstić information content (AvgIpc) is 2.47. The van der Waals surface area contributed by atoms with Gasteiger partial charge in [0.15, 0.2) is 0 Å². The molecule has 0 unspecified atom stereocenters. The highest BCUT2D eigenvalue weighted by Gasteiger charge is 2.18. The number of nitrogens with one attached hydrogen (secondary N) is 2. The van der Waals surface area contributed by atoms with Crippen molar-refractivity contribution < 1.29 is 4.79 Å². The van der Waals surface area contributed by atoms with E-state index in [0.717, 1.165) is 18.2 Å². The zero-order valence-corrected chi connectivity index (χ0v) is 12.7. The van der Waals surface area contributed by atoms with E-state index in [0.29, 0.717) is 5.92 Å². The van der Waals surface area contributed by atoms with Crippen molar-refractivity contribution in [1.29, 1.82) is 0 Å². The summed E-state index contributed by atoms with van der Waals surface area (Å²) in [5.41, 5.74) is 2.32. The first-order chi connectivity index (χ1) is 10.3. The summed E-state index contributed by atoms with van der Waals surface area (Å²) in [6.07, 6.45) is 10.6. The first-order valence-electron chi connectivity index (χ1n) is 8.46. The van der Waals surface area contributed by atoms with Crippen molar-refractivity contribution in [2.75, 3.05) is 11.9 Å². The lowest BCUT2D eigenvalue weighted by Crippen LogP contribution is -2.35. The smallest absolute Gasteiger partial charge is 0.319 e. The largest absolute Gasteiger partial charge is 0.338 e. The molecule has 0 heterocycles. The lowest BCUT2D eigenvalue weighted by atomic mass is 9.84. The van der Waals surface area contributed by atoms with E-state index in [1.807, 2.05) is 12.1 Å². The van der Waals surface area contributed by atoms with Crippen LogP contribution in [0.4, 0.5) is 10.5 Å². The molecule has 3 nitrogen and oxygen atoms in total. The molecule has 21 heavy (non-hydrogen) atoms. The Morgan fingerprint density at radius 2 is 1.67 bits per heavy atom. The summed E-state index contributed by atoms with van der Waals surface area (Å²) < 4.78 is 0. The Hall–Kier alpha value is -1.51. The normalized spacial score (nSPS) is 19.8. The maximum atomic E-state index is 11.8. The topological polar surface area (TPSA) is 41.1 Å². The molecule has 0 aliphatic heterocycles. The van der Waals surface area contributed by atoms with Crippen molar-refractivity contribution in [1.82, 2.24) is 5.32 Å². The summed E-state index contributed by atoms with van der Waals surface area (Å²) in [5.74, 6) is 1.42. The Morgan fingerprint density at radius 1 is 0.952 bits per heavy atom. The molecule has 2 fully saturated rings. The Morgan fingerprint density at radius 3 is 2.29 bits per heavy atom. The quantitative estimate of drug-likeness (QED) is 0.830. The second-order valence-electron chi connectivity index (χ2n) is 6.59. The Bertz CT molecular complexity index is 459. The van der Waals surface area contributed by atoms with Gasteiger partial charge in [0.05, 0.1) is 0 Å². The van der Waals surface area contributed by atoms with Gasteiger partial charge in [0, 0.05) is 12.2 Å². The first-order valence-corrected chi connectivity index (χ1v) is 8.46.